The normalized spacial score (nSPS) is 20.1. The highest BCUT2D eigenvalue weighted by atomic mass is 32.2. The van der Waals surface area contributed by atoms with Crippen LogP contribution in [0.25, 0.3) is 0 Å². The van der Waals surface area contributed by atoms with Crippen molar-refractivity contribution < 1.29 is 21.6 Å². The Morgan fingerprint density at radius 1 is 1.00 bits per heavy atom. The van der Waals surface area contributed by atoms with Gasteiger partial charge in [-0.3, -0.25) is 0 Å². The van der Waals surface area contributed by atoms with Crippen molar-refractivity contribution in [3.8, 4) is 0 Å². The van der Waals surface area contributed by atoms with Crippen LogP contribution in [0.5, 0.6) is 0 Å². The van der Waals surface area contributed by atoms with Gasteiger partial charge in [-0.2, -0.15) is 13.2 Å². The molecular formula is C24H37F3N2O2S. The van der Waals surface area contributed by atoms with Gasteiger partial charge >= 0.3 is 6.18 Å². The van der Waals surface area contributed by atoms with E-state index in [1.807, 2.05) is 6.08 Å². The molecule has 0 saturated heterocycles. The van der Waals surface area contributed by atoms with Crippen LogP contribution in [0.3, 0.4) is 0 Å². The van der Waals surface area contributed by atoms with Crippen LogP contribution >= 0.6 is 0 Å². The van der Waals surface area contributed by atoms with Crippen molar-refractivity contribution in [2.45, 2.75) is 62.4 Å². The fourth-order valence-electron chi connectivity index (χ4n) is 4.46. The van der Waals surface area contributed by atoms with Crippen LogP contribution in [-0.2, 0) is 16.2 Å². The molecule has 2 rings (SSSR count). The van der Waals surface area contributed by atoms with E-state index in [2.05, 4.69) is 18.5 Å². The Kier molecular flexibility index (Phi) is 10.2. The first-order valence-corrected chi connectivity index (χ1v) is 12.9. The molecular weight excluding hydrogens is 437 g/mol. The minimum Gasteiger partial charge on any atom is -0.303 e. The highest BCUT2D eigenvalue weighted by Crippen LogP contribution is 2.34. The van der Waals surface area contributed by atoms with Gasteiger partial charge in [-0.15, -0.1) is 6.58 Å². The van der Waals surface area contributed by atoms with Gasteiger partial charge in [0.25, 0.3) is 0 Å². The van der Waals surface area contributed by atoms with Crippen LogP contribution in [0, 0.1) is 11.8 Å². The van der Waals surface area contributed by atoms with E-state index in [-0.39, 0.29) is 4.90 Å². The predicted octanol–water partition coefficient (Wildman–Crippen LogP) is 5.81. The van der Waals surface area contributed by atoms with Gasteiger partial charge in [0.15, 0.2) is 0 Å². The van der Waals surface area contributed by atoms with Crippen molar-refractivity contribution in [2.24, 2.45) is 11.8 Å². The molecule has 0 unspecified atom stereocenters. The molecule has 32 heavy (non-hydrogen) atoms. The van der Waals surface area contributed by atoms with Gasteiger partial charge in [-0.1, -0.05) is 38.2 Å². The van der Waals surface area contributed by atoms with E-state index in [0.717, 1.165) is 63.0 Å². The van der Waals surface area contributed by atoms with E-state index < -0.39 is 21.8 Å². The number of rotatable bonds is 12. The molecule has 0 atom stereocenters. The SMILES string of the molecule is C=CCN(C)CCCCCC1CCC(CN(C)S(=O)(=O)c2ccc(C(F)(F)F)cc2)CC1. The zero-order valence-electron chi connectivity index (χ0n) is 19.3. The van der Waals surface area contributed by atoms with Crippen molar-refractivity contribution in [3.05, 3.63) is 42.5 Å². The average molecular weight is 475 g/mol. The van der Waals surface area contributed by atoms with Gasteiger partial charge < -0.3 is 4.90 Å². The van der Waals surface area contributed by atoms with Crippen LogP contribution in [0.2, 0.25) is 0 Å². The van der Waals surface area contributed by atoms with E-state index in [4.69, 9.17) is 0 Å². The zero-order valence-corrected chi connectivity index (χ0v) is 20.1. The number of nitrogens with zero attached hydrogens (tertiary/aromatic N) is 2. The number of unbranched alkanes of at least 4 members (excludes halogenated alkanes) is 2. The summed E-state index contributed by atoms with van der Waals surface area (Å²) in [6, 6.07) is 3.73. The van der Waals surface area contributed by atoms with E-state index >= 15 is 0 Å². The number of alkyl halides is 3. The Morgan fingerprint density at radius 3 is 2.16 bits per heavy atom. The van der Waals surface area contributed by atoms with Gasteiger partial charge in [0.1, 0.15) is 0 Å². The summed E-state index contributed by atoms with van der Waals surface area (Å²) < 4.78 is 65.0. The van der Waals surface area contributed by atoms with Crippen LogP contribution in [0.15, 0.2) is 41.8 Å². The number of hydrogen-bond acceptors (Lipinski definition) is 3. The fraction of sp³-hybridized carbons (Fsp3) is 0.667. The third kappa shape index (κ3) is 8.19. The van der Waals surface area contributed by atoms with Crippen molar-refractivity contribution in [2.75, 3.05) is 33.7 Å². The van der Waals surface area contributed by atoms with Gasteiger partial charge in [-0.25, -0.2) is 12.7 Å². The minimum atomic E-state index is -4.48. The Hall–Kier alpha value is -1.38. The van der Waals surface area contributed by atoms with E-state index in [1.54, 1.807) is 0 Å². The molecule has 1 saturated carbocycles. The zero-order chi connectivity index (χ0) is 23.8. The molecule has 0 heterocycles. The fourth-order valence-corrected chi connectivity index (χ4v) is 5.71. The van der Waals surface area contributed by atoms with Crippen molar-refractivity contribution in [1.82, 2.24) is 9.21 Å². The molecule has 0 N–H and O–H groups in total. The maximum atomic E-state index is 12.8. The summed E-state index contributed by atoms with van der Waals surface area (Å²) in [6.07, 6.45) is 6.59. The third-order valence-corrected chi connectivity index (χ3v) is 8.30. The molecule has 0 aliphatic heterocycles. The standard InChI is InChI=1S/C24H37F3N2O2S/c1-4-17-28(2)18-7-5-6-8-20-9-11-21(12-10-20)19-29(3)32(30,31)23-15-13-22(14-16-23)24(25,26)27/h4,13-16,20-21H,1,5-12,17-19H2,2-3H3. The van der Waals surface area contributed by atoms with Gasteiger partial charge in [0.2, 0.25) is 10.0 Å². The van der Waals surface area contributed by atoms with Crippen LogP contribution in [0.1, 0.15) is 56.9 Å². The Labute approximate surface area is 191 Å². The molecule has 1 aliphatic rings. The summed E-state index contributed by atoms with van der Waals surface area (Å²) in [5, 5.41) is 0. The van der Waals surface area contributed by atoms with E-state index in [9.17, 15) is 21.6 Å². The number of halogens is 3. The Balaban J connectivity index is 1.73. The summed E-state index contributed by atoms with van der Waals surface area (Å²) in [5.41, 5.74) is -0.846. The lowest BCUT2D eigenvalue weighted by atomic mass is 9.80. The Morgan fingerprint density at radius 2 is 1.59 bits per heavy atom. The van der Waals surface area contributed by atoms with Crippen LogP contribution < -0.4 is 0 Å². The molecule has 8 heteroatoms. The number of hydrogen-bond donors (Lipinski definition) is 0. The third-order valence-electron chi connectivity index (χ3n) is 6.46. The second-order valence-electron chi connectivity index (χ2n) is 9.09. The molecule has 0 amide bonds. The molecule has 1 aromatic carbocycles. The number of sulfonamides is 1. The second-order valence-corrected chi connectivity index (χ2v) is 11.1. The summed E-state index contributed by atoms with van der Waals surface area (Å²) in [5.74, 6) is 1.02. The predicted molar refractivity (Wildman–Crippen MR) is 123 cm³/mol. The topological polar surface area (TPSA) is 40.6 Å². The van der Waals surface area contributed by atoms with Crippen LogP contribution in [-0.4, -0.2) is 51.4 Å². The lowest BCUT2D eigenvalue weighted by Crippen LogP contribution is -2.33. The molecule has 4 nitrogen and oxygen atoms in total. The van der Waals surface area contributed by atoms with Crippen molar-refractivity contribution in [1.29, 1.82) is 0 Å². The molecule has 1 aromatic rings. The molecule has 0 radical (unpaired) electrons. The molecule has 0 bridgehead atoms. The largest absolute Gasteiger partial charge is 0.416 e. The van der Waals surface area contributed by atoms with Gasteiger partial charge in [0.05, 0.1) is 10.5 Å². The lowest BCUT2D eigenvalue weighted by Gasteiger charge is -2.31. The lowest BCUT2D eigenvalue weighted by molar-refractivity contribution is -0.137. The summed E-state index contributed by atoms with van der Waals surface area (Å²) in [7, 11) is -0.165. The van der Waals surface area contributed by atoms with Gasteiger partial charge in [-0.05, 0) is 69.0 Å². The summed E-state index contributed by atoms with van der Waals surface area (Å²) in [4.78, 5) is 2.17. The molecule has 1 fully saturated rings. The monoisotopic (exact) mass is 474 g/mol. The molecule has 0 aromatic heterocycles. The number of likely N-dealkylation sites (N-methyl/N-ethyl adjacent to an activating group) is 1. The van der Waals surface area contributed by atoms with Gasteiger partial charge in [0, 0.05) is 20.1 Å². The summed E-state index contributed by atoms with van der Waals surface area (Å²) in [6.45, 7) is 6.18. The first kappa shape index (κ1) is 26.9. The first-order chi connectivity index (χ1) is 15.0. The van der Waals surface area contributed by atoms with Crippen molar-refractivity contribution >= 4 is 10.0 Å². The van der Waals surface area contributed by atoms with Crippen LogP contribution in [0.4, 0.5) is 13.2 Å². The number of benzene rings is 1. The molecule has 182 valence electrons. The average Bonchev–Trinajstić information content (AvgIpc) is 2.74. The summed E-state index contributed by atoms with van der Waals surface area (Å²) >= 11 is 0. The smallest absolute Gasteiger partial charge is 0.303 e. The van der Waals surface area contributed by atoms with E-state index in [1.165, 1.54) is 37.0 Å². The van der Waals surface area contributed by atoms with Crippen molar-refractivity contribution in [3.63, 3.8) is 0 Å². The minimum absolute atomic E-state index is 0.0968. The van der Waals surface area contributed by atoms with E-state index in [0.29, 0.717) is 18.4 Å². The highest BCUT2D eigenvalue weighted by molar-refractivity contribution is 7.89. The maximum Gasteiger partial charge on any atom is 0.416 e. The maximum absolute atomic E-state index is 12.8. The quantitative estimate of drug-likeness (QED) is 0.284. The second kappa shape index (κ2) is 12.2. The molecule has 0 spiro atoms. The molecule has 1 aliphatic carbocycles. The Bertz CT molecular complexity index is 802. The highest BCUT2D eigenvalue weighted by Gasteiger charge is 2.32. The first-order valence-electron chi connectivity index (χ1n) is 11.5.